The molecular formula is C11H21N2. The predicted molar refractivity (Wildman–Crippen MR) is 54.9 cm³/mol. The maximum atomic E-state index is 4.69. The number of hydrogen-bond acceptors (Lipinski definition) is 1. The lowest BCUT2D eigenvalue weighted by Gasteiger charge is -2.36. The zero-order valence-corrected chi connectivity index (χ0v) is 9.08. The van der Waals surface area contributed by atoms with Crippen LogP contribution in [0.25, 0.3) is 0 Å². The van der Waals surface area contributed by atoms with Crippen LogP contribution in [0.2, 0.25) is 0 Å². The Kier molecular flexibility index (Phi) is 2.37. The molecule has 2 nitrogen and oxygen atoms in total. The standard InChI is InChI=1S/C11H21N2/c1-9-5-4-8-13(9)10-6-7-12-11(10,2)3/h9-10H,4-8H2,1-3H3. The lowest BCUT2D eigenvalue weighted by Crippen LogP contribution is -2.49. The summed E-state index contributed by atoms with van der Waals surface area (Å²) in [4.78, 5) is 2.68. The zero-order chi connectivity index (χ0) is 9.47. The van der Waals surface area contributed by atoms with Gasteiger partial charge in [-0.25, -0.2) is 5.32 Å². The van der Waals surface area contributed by atoms with Gasteiger partial charge in [0, 0.05) is 24.2 Å². The lowest BCUT2D eigenvalue weighted by molar-refractivity contribution is 0.140. The molecule has 0 saturated carbocycles. The number of rotatable bonds is 1. The van der Waals surface area contributed by atoms with Gasteiger partial charge in [-0.1, -0.05) is 0 Å². The molecule has 0 aromatic rings. The summed E-state index contributed by atoms with van der Waals surface area (Å²) < 4.78 is 0. The van der Waals surface area contributed by atoms with Crippen LogP contribution in [-0.2, 0) is 0 Å². The molecule has 2 atom stereocenters. The van der Waals surface area contributed by atoms with Crippen molar-refractivity contribution in [2.45, 2.75) is 57.7 Å². The Hall–Kier alpha value is -0.0800. The highest BCUT2D eigenvalue weighted by Gasteiger charge is 2.41. The van der Waals surface area contributed by atoms with Crippen LogP contribution in [-0.4, -0.2) is 35.6 Å². The van der Waals surface area contributed by atoms with E-state index in [0.717, 1.165) is 12.6 Å². The molecule has 0 bridgehead atoms. The third-order valence-electron chi connectivity index (χ3n) is 3.74. The summed E-state index contributed by atoms with van der Waals surface area (Å²) in [6.07, 6.45) is 4.04. The molecule has 75 valence electrons. The highest BCUT2D eigenvalue weighted by Crippen LogP contribution is 2.31. The van der Waals surface area contributed by atoms with Gasteiger partial charge in [0.25, 0.3) is 0 Å². The van der Waals surface area contributed by atoms with Crippen LogP contribution in [0.1, 0.15) is 40.0 Å². The van der Waals surface area contributed by atoms with Crippen molar-refractivity contribution in [1.29, 1.82) is 0 Å². The van der Waals surface area contributed by atoms with E-state index < -0.39 is 0 Å². The smallest absolute Gasteiger partial charge is 0.0456 e. The molecule has 1 radical (unpaired) electrons. The normalized spacial score (nSPS) is 39.9. The van der Waals surface area contributed by atoms with Crippen molar-refractivity contribution in [3.63, 3.8) is 0 Å². The minimum absolute atomic E-state index is 0.207. The Balaban J connectivity index is 2.07. The molecule has 2 heterocycles. The van der Waals surface area contributed by atoms with Crippen molar-refractivity contribution < 1.29 is 0 Å². The first-order valence-electron chi connectivity index (χ1n) is 5.55. The Morgan fingerprint density at radius 2 is 2.08 bits per heavy atom. The fraction of sp³-hybridized carbons (Fsp3) is 1.00. The fourth-order valence-corrected chi connectivity index (χ4v) is 2.92. The topological polar surface area (TPSA) is 17.3 Å². The first kappa shape index (κ1) is 9.47. The molecule has 0 aromatic carbocycles. The molecule has 2 rings (SSSR count). The SMILES string of the molecule is CC1CCCN1C1CC[N]C1(C)C. The molecule has 2 aliphatic rings. The Labute approximate surface area is 81.7 Å². The van der Waals surface area contributed by atoms with Gasteiger partial charge in [-0.15, -0.1) is 0 Å². The van der Waals surface area contributed by atoms with Gasteiger partial charge in [0.2, 0.25) is 0 Å². The summed E-state index contributed by atoms with van der Waals surface area (Å²) in [5.41, 5.74) is 0.207. The molecule has 2 fully saturated rings. The summed E-state index contributed by atoms with van der Waals surface area (Å²) in [6, 6.07) is 1.50. The molecule has 2 aliphatic heterocycles. The van der Waals surface area contributed by atoms with Gasteiger partial charge in [0.05, 0.1) is 0 Å². The maximum Gasteiger partial charge on any atom is 0.0456 e. The first-order valence-corrected chi connectivity index (χ1v) is 5.55. The van der Waals surface area contributed by atoms with Crippen molar-refractivity contribution in [2.75, 3.05) is 13.1 Å². The van der Waals surface area contributed by atoms with E-state index in [1.54, 1.807) is 0 Å². The average molecular weight is 181 g/mol. The average Bonchev–Trinajstić information content (AvgIpc) is 2.56. The van der Waals surface area contributed by atoms with Gasteiger partial charge in [0.15, 0.2) is 0 Å². The third-order valence-corrected chi connectivity index (χ3v) is 3.74. The lowest BCUT2D eigenvalue weighted by atomic mass is 9.95. The molecule has 0 N–H and O–H groups in total. The van der Waals surface area contributed by atoms with Gasteiger partial charge in [0.1, 0.15) is 0 Å². The van der Waals surface area contributed by atoms with Gasteiger partial charge >= 0.3 is 0 Å². The molecule has 2 unspecified atom stereocenters. The van der Waals surface area contributed by atoms with Crippen LogP contribution in [0.15, 0.2) is 0 Å². The summed E-state index contributed by atoms with van der Waals surface area (Å²) in [5.74, 6) is 0. The first-order chi connectivity index (χ1) is 6.11. The predicted octanol–water partition coefficient (Wildman–Crippen LogP) is 1.63. The van der Waals surface area contributed by atoms with Crippen LogP contribution in [0, 0.1) is 0 Å². The molecule has 0 amide bonds. The number of likely N-dealkylation sites (tertiary alicyclic amines) is 1. The van der Waals surface area contributed by atoms with E-state index in [9.17, 15) is 0 Å². The molecule has 2 saturated heterocycles. The summed E-state index contributed by atoms with van der Waals surface area (Å²) in [6.45, 7) is 9.30. The molecule has 0 aliphatic carbocycles. The van der Waals surface area contributed by atoms with E-state index in [1.165, 1.54) is 25.8 Å². The second kappa shape index (κ2) is 3.25. The minimum Gasteiger partial charge on any atom is -0.296 e. The number of hydrogen-bond donors (Lipinski definition) is 0. The van der Waals surface area contributed by atoms with E-state index in [1.807, 2.05) is 0 Å². The summed E-state index contributed by atoms with van der Waals surface area (Å²) in [7, 11) is 0. The fourth-order valence-electron chi connectivity index (χ4n) is 2.92. The van der Waals surface area contributed by atoms with Crippen LogP contribution in [0.3, 0.4) is 0 Å². The zero-order valence-electron chi connectivity index (χ0n) is 9.08. The quantitative estimate of drug-likeness (QED) is 0.601. The highest BCUT2D eigenvalue weighted by atomic mass is 15.3. The minimum atomic E-state index is 0.207. The Bertz CT molecular complexity index is 189. The highest BCUT2D eigenvalue weighted by molar-refractivity contribution is 5.00. The monoisotopic (exact) mass is 181 g/mol. The van der Waals surface area contributed by atoms with Crippen molar-refractivity contribution in [3.8, 4) is 0 Å². The van der Waals surface area contributed by atoms with Crippen LogP contribution < -0.4 is 5.32 Å². The van der Waals surface area contributed by atoms with Gasteiger partial charge in [-0.05, 0) is 46.6 Å². The van der Waals surface area contributed by atoms with Crippen LogP contribution in [0.4, 0.5) is 0 Å². The summed E-state index contributed by atoms with van der Waals surface area (Å²) >= 11 is 0. The van der Waals surface area contributed by atoms with Crippen LogP contribution in [0.5, 0.6) is 0 Å². The van der Waals surface area contributed by atoms with Gasteiger partial charge < -0.3 is 0 Å². The van der Waals surface area contributed by atoms with Gasteiger partial charge in [-0.2, -0.15) is 0 Å². The Morgan fingerprint density at radius 3 is 2.54 bits per heavy atom. The summed E-state index contributed by atoms with van der Waals surface area (Å²) in [5, 5.41) is 4.69. The van der Waals surface area contributed by atoms with Crippen molar-refractivity contribution >= 4 is 0 Å². The molecule has 0 aromatic heterocycles. The second-order valence-corrected chi connectivity index (χ2v) is 5.07. The van der Waals surface area contributed by atoms with E-state index in [-0.39, 0.29) is 5.54 Å². The molecule has 0 spiro atoms. The van der Waals surface area contributed by atoms with Crippen LogP contribution >= 0.6 is 0 Å². The molecule has 2 heteroatoms. The Morgan fingerprint density at radius 1 is 1.31 bits per heavy atom. The third kappa shape index (κ3) is 1.62. The van der Waals surface area contributed by atoms with E-state index in [4.69, 9.17) is 0 Å². The largest absolute Gasteiger partial charge is 0.296 e. The molecule has 13 heavy (non-hydrogen) atoms. The van der Waals surface area contributed by atoms with E-state index >= 15 is 0 Å². The molecular weight excluding hydrogens is 160 g/mol. The number of nitrogens with zero attached hydrogens (tertiary/aromatic N) is 2. The second-order valence-electron chi connectivity index (χ2n) is 5.07. The maximum absolute atomic E-state index is 4.69. The van der Waals surface area contributed by atoms with Crippen molar-refractivity contribution in [3.05, 3.63) is 0 Å². The van der Waals surface area contributed by atoms with Crippen molar-refractivity contribution in [2.24, 2.45) is 0 Å². The van der Waals surface area contributed by atoms with Gasteiger partial charge in [-0.3, -0.25) is 4.90 Å². The van der Waals surface area contributed by atoms with E-state index in [2.05, 4.69) is 31.0 Å². The van der Waals surface area contributed by atoms with E-state index in [0.29, 0.717) is 6.04 Å². The van der Waals surface area contributed by atoms with Crippen molar-refractivity contribution in [1.82, 2.24) is 10.2 Å².